The Morgan fingerprint density at radius 3 is 3.00 bits per heavy atom. The summed E-state index contributed by atoms with van der Waals surface area (Å²) >= 11 is 0. The fourth-order valence-corrected chi connectivity index (χ4v) is 1.25. The molecule has 0 spiro atoms. The van der Waals surface area contributed by atoms with Crippen LogP contribution >= 0.6 is 0 Å². The quantitative estimate of drug-likeness (QED) is 0.701. The predicted octanol–water partition coefficient (Wildman–Crippen LogP) is 2.53. The summed E-state index contributed by atoms with van der Waals surface area (Å²) in [5.41, 5.74) is 1.26. The maximum atomic E-state index is 4.09. The van der Waals surface area contributed by atoms with Gasteiger partial charge in [-0.05, 0) is 31.5 Å². The topological polar surface area (TPSA) is 24.9 Å². The van der Waals surface area contributed by atoms with Crippen LogP contribution in [-0.2, 0) is 0 Å². The van der Waals surface area contributed by atoms with E-state index in [1.165, 1.54) is 18.4 Å². The Bertz CT molecular complexity index is 221. The number of rotatable bonds is 5. The monoisotopic (exact) mass is 178 g/mol. The van der Waals surface area contributed by atoms with Crippen molar-refractivity contribution in [3.8, 4) is 0 Å². The minimum atomic E-state index is 0.417. The van der Waals surface area contributed by atoms with E-state index >= 15 is 0 Å². The Balaban J connectivity index is 2.35. The summed E-state index contributed by atoms with van der Waals surface area (Å²) in [4.78, 5) is 4.09. The Hall–Kier alpha value is -0.890. The molecule has 0 aliphatic carbocycles. The molecule has 13 heavy (non-hydrogen) atoms. The van der Waals surface area contributed by atoms with Crippen LogP contribution in [0, 0.1) is 0 Å². The summed E-state index contributed by atoms with van der Waals surface area (Å²) in [5.74, 6) is 0. The van der Waals surface area contributed by atoms with Gasteiger partial charge in [0.05, 0.1) is 0 Å². The normalized spacial score (nSPS) is 12.8. The van der Waals surface area contributed by atoms with Gasteiger partial charge in [-0.15, -0.1) is 0 Å². The zero-order chi connectivity index (χ0) is 9.52. The summed E-state index contributed by atoms with van der Waals surface area (Å²) < 4.78 is 0. The van der Waals surface area contributed by atoms with Crippen molar-refractivity contribution >= 4 is 0 Å². The molecule has 1 rings (SSSR count). The highest BCUT2D eigenvalue weighted by atomic mass is 14.9. The van der Waals surface area contributed by atoms with E-state index in [0.717, 1.165) is 6.54 Å². The standard InChI is InChI=1S/C11H18N2/c1-3-4-8-13-10(2)11-6-5-7-12-9-11/h5-7,9-10,13H,3-4,8H2,1-2H3/t10-/m0/s1. The van der Waals surface area contributed by atoms with Gasteiger partial charge in [0.1, 0.15) is 0 Å². The van der Waals surface area contributed by atoms with Crippen LogP contribution in [0.15, 0.2) is 24.5 Å². The first-order chi connectivity index (χ1) is 6.34. The molecule has 0 unspecified atom stereocenters. The molecule has 0 bridgehead atoms. The Morgan fingerprint density at radius 2 is 2.38 bits per heavy atom. The highest BCUT2D eigenvalue weighted by molar-refractivity contribution is 5.12. The summed E-state index contributed by atoms with van der Waals surface area (Å²) in [7, 11) is 0. The van der Waals surface area contributed by atoms with Gasteiger partial charge in [-0.2, -0.15) is 0 Å². The van der Waals surface area contributed by atoms with Crippen molar-refractivity contribution in [3.05, 3.63) is 30.1 Å². The molecule has 2 heteroatoms. The van der Waals surface area contributed by atoms with Gasteiger partial charge in [0.25, 0.3) is 0 Å². The summed E-state index contributed by atoms with van der Waals surface area (Å²) in [6.07, 6.45) is 6.21. The van der Waals surface area contributed by atoms with Crippen LogP contribution in [0.1, 0.15) is 38.3 Å². The molecule has 1 heterocycles. The minimum absolute atomic E-state index is 0.417. The van der Waals surface area contributed by atoms with E-state index in [1.807, 2.05) is 18.5 Å². The van der Waals surface area contributed by atoms with Crippen LogP contribution in [0.5, 0.6) is 0 Å². The Labute approximate surface area is 80.4 Å². The average Bonchev–Trinajstić information content (AvgIpc) is 2.19. The molecule has 2 nitrogen and oxygen atoms in total. The SMILES string of the molecule is CCCCN[C@@H](C)c1cccnc1. The number of pyridine rings is 1. The van der Waals surface area contributed by atoms with Crippen molar-refractivity contribution in [3.63, 3.8) is 0 Å². The molecule has 0 aromatic carbocycles. The van der Waals surface area contributed by atoms with Gasteiger partial charge in [0.2, 0.25) is 0 Å². The number of aromatic nitrogens is 1. The van der Waals surface area contributed by atoms with Crippen LogP contribution in [0.2, 0.25) is 0 Å². The third kappa shape index (κ3) is 3.55. The molecule has 0 radical (unpaired) electrons. The lowest BCUT2D eigenvalue weighted by atomic mass is 10.1. The maximum Gasteiger partial charge on any atom is 0.0315 e. The van der Waals surface area contributed by atoms with Crippen LogP contribution in [0.25, 0.3) is 0 Å². The van der Waals surface area contributed by atoms with Gasteiger partial charge in [0, 0.05) is 18.4 Å². The highest BCUT2D eigenvalue weighted by Gasteiger charge is 2.02. The molecule has 0 saturated carbocycles. The van der Waals surface area contributed by atoms with Crippen LogP contribution in [0.4, 0.5) is 0 Å². The van der Waals surface area contributed by atoms with Crippen LogP contribution in [-0.4, -0.2) is 11.5 Å². The van der Waals surface area contributed by atoms with Crippen molar-refractivity contribution < 1.29 is 0 Å². The predicted molar refractivity (Wildman–Crippen MR) is 55.6 cm³/mol. The molecule has 1 aromatic rings. The van der Waals surface area contributed by atoms with Crippen LogP contribution in [0.3, 0.4) is 0 Å². The number of hydrogen-bond acceptors (Lipinski definition) is 2. The molecule has 1 aromatic heterocycles. The third-order valence-electron chi connectivity index (χ3n) is 2.17. The zero-order valence-corrected chi connectivity index (χ0v) is 8.46. The van der Waals surface area contributed by atoms with E-state index in [0.29, 0.717) is 6.04 Å². The summed E-state index contributed by atoms with van der Waals surface area (Å²) in [5, 5.41) is 3.46. The minimum Gasteiger partial charge on any atom is -0.310 e. The number of unbranched alkanes of at least 4 members (excludes halogenated alkanes) is 1. The zero-order valence-electron chi connectivity index (χ0n) is 8.46. The molecular formula is C11H18N2. The molecule has 0 aliphatic heterocycles. The lowest BCUT2D eigenvalue weighted by molar-refractivity contribution is 0.553. The van der Waals surface area contributed by atoms with E-state index in [1.54, 1.807) is 0 Å². The van der Waals surface area contributed by atoms with Gasteiger partial charge < -0.3 is 5.32 Å². The fourth-order valence-electron chi connectivity index (χ4n) is 1.25. The molecular weight excluding hydrogens is 160 g/mol. The van der Waals surface area contributed by atoms with Gasteiger partial charge in [-0.1, -0.05) is 19.4 Å². The summed E-state index contributed by atoms with van der Waals surface area (Å²) in [6, 6.07) is 4.50. The Morgan fingerprint density at radius 1 is 1.54 bits per heavy atom. The maximum absolute atomic E-state index is 4.09. The molecule has 72 valence electrons. The van der Waals surface area contributed by atoms with E-state index in [4.69, 9.17) is 0 Å². The van der Waals surface area contributed by atoms with Gasteiger partial charge in [-0.25, -0.2) is 0 Å². The average molecular weight is 178 g/mol. The molecule has 0 saturated heterocycles. The molecule has 0 amide bonds. The second-order valence-electron chi connectivity index (χ2n) is 3.32. The highest BCUT2D eigenvalue weighted by Crippen LogP contribution is 2.09. The smallest absolute Gasteiger partial charge is 0.0315 e. The van der Waals surface area contributed by atoms with Crippen molar-refractivity contribution in [1.82, 2.24) is 10.3 Å². The van der Waals surface area contributed by atoms with Crippen LogP contribution < -0.4 is 5.32 Å². The third-order valence-corrected chi connectivity index (χ3v) is 2.17. The first-order valence-corrected chi connectivity index (χ1v) is 4.98. The van der Waals surface area contributed by atoms with Gasteiger partial charge in [0.15, 0.2) is 0 Å². The molecule has 0 aliphatic rings. The second-order valence-corrected chi connectivity index (χ2v) is 3.32. The van der Waals surface area contributed by atoms with Crippen molar-refractivity contribution in [2.75, 3.05) is 6.54 Å². The first kappa shape index (κ1) is 10.2. The molecule has 0 fully saturated rings. The van der Waals surface area contributed by atoms with Crippen molar-refractivity contribution in [1.29, 1.82) is 0 Å². The van der Waals surface area contributed by atoms with Crippen molar-refractivity contribution in [2.24, 2.45) is 0 Å². The molecule has 1 N–H and O–H groups in total. The number of nitrogens with one attached hydrogen (secondary N) is 1. The largest absolute Gasteiger partial charge is 0.310 e. The van der Waals surface area contributed by atoms with E-state index in [2.05, 4.69) is 30.2 Å². The van der Waals surface area contributed by atoms with E-state index < -0.39 is 0 Å². The van der Waals surface area contributed by atoms with Gasteiger partial charge in [-0.3, -0.25) is 4.98 Å². The summed E-state index contributed by atoms with van der Waals surface area (Å²) in [6.45, 7) is 5.47. The number of hydrogen-bond donors (Lipinski definition) is 1. The van der Waals surface area contributed by atoms with E-state index in [-0.39, 0.29) is 0 Å². The first-order valence-electron chi connectivity index (χ1n) is 4.98. The fraction of sp³-hybridized carbons (Fsp3) is 0.545. The van der Waals surface area contributed by atoms with Crippen molar-refractivity contribution in [2.45, 2.75) is 32.7 Å². The van der Waals surface area contributed by atoms with E-state index in [9.17, 15) is 0 Å². The van der Waals surface area contributed by atoms with Gasteiger partial charge >= 0.3 is 0 Å². The Kier molecular flexibility index (Phi) is 4.47. The lowest BCUT2D eigenvalue weighted by Crippen LogP contribution is -2.19. The molecule has 1 atom stereocenters. The second kappa shape index (κ2) is 5.70. The number of nitrogens with zero attached hydrogens (tertiary/aromatic N) is 1. The lowest BCUT2D eigenvalue weighted by Gasteiger charge is -2.12.